The van der Waals surface area contributed by atoms with Crippen LogP contribution in [0.1, 0.15) is 30.1 Å². The molecule has 2 aromatic rings. The average Bonchev–Trinajstić information content (AvgIpc) is 3.06. The fourth-order valence-electron chi connectivity index (χ4n) is 2.97. The van der Waals surface area contributed by atoms with Gasteiger partial charge < -0.3 is 14.0 Å². The van der Waals surface area contributed by atoms with E-state index in [0.29, 0.717) is 37.5 Å². The smallest absolute Gasteiger partial charge is 0.252 e. The molecule has 1 aliphatic rings. The summed E-state index contributed by atoms with van der Waals surface area (Å²) in [4.78, 5) is 6.70. The van der Waals surface area contributed by atoms with Crippen molar-refractivity contribution >= 4 is 11.6 Å². The first-order chi connectivity index (χ1) is 12.2. The Kier molecular flexibility index (Phi) is 6.81. The Bertz CT molecular complexity index is 639. The normalized spacial score (nSPS) is 16.4. The molecule has 0 N–H and O–H groups in total. The molecule has 1 fully saturated rings. The summed E-state index contributed by atoms with van der Waals surface area (Å²) in [5.41, 5.74) is 1.30. The lowest BCUT2D eigenvalue weighted by molar-refractivity contribution is 0.00676. The molecule has 0 amide bonds. The molecule has 0 radical (unpaired) electrons. The zero-order valence-electron chi connectivity index (χ0n) is 14.5. The summed E-state index contributed by atoms with van der Waals surface area (Å²) < 4.78 is 16.0. The zero-order chi connectivity index (χ0) is 17.5. The van der Waals surface area contributed by atoms with Gasteiger partial charge >= 0.3 is 0 Å². The highest BCUT2D eigenvalue weighted by atomic mass is 35.5. The molecular formula is C18H24ClN3O3. The molecular weight excluding hydrogens is 342 g/mol. The van der Waals surface area contributed by atoms with Crippen LogP contribution in [0.15, 0.2) is 28.8 Å². The average molecular weight is 366 g/mol. The number of piperidine rings is 1. The van der Waals surface area contributed by atoms with E-state index in [2.05, 4.69) is 27.2 Å². The summed E-state index contributed by atoms with van der Waals surface area (Å²) in [5, 5.41) is 4.70. The van der Waals surface area contributed by atoms with Gasteiger partial charge in [-0.3, -0.25) is 4.90 Å². The summed E-state index contributed by atoms with van der Waals surface area (Å²) in [6.45, 7) is 4.03. The molecule has 1 saturated heterocycles. The number of hydrogen-bond donors (Lipinski definition) is 0. The van der Waals surface area contributed by atoms with Crippen LogP contribution in [0.25, 0.3) is 0 Å². The molecule has 136 valence electrons. The van der Waals surface area contributed by atoms with E-state index in [1.54, 1.807) is 7.11 Å². The van der Waals surface area contributed by atoms with Crippen LogP contribution in [-0.2, 0) is 29.0 Å². The van der Waals surface area contributed by atoms with Crippen LogP contribution in [-0.4, -0.2) is 48.0 Å². The van der Waals surface area contributed by atoms with Crippen LogP contribution >= 0.6 is 11.6 Å². The lowest BCUT2D eigenvalue weighted by atomic mass is 10.1. The number of halogens is 1. The standard InChI is InChI=1S/C18H24ClN3O3/c1-23-13-18-20-17(21-25-18)8-11-24-16-6-9-22(10-7-16)12-14-2-4-15(19)5-3-14/h2-5,16H,6-13H2,1H3. The number of nitrogens with zero attached hydrogens (tertiary/aromatic N) is 3. The molecule has 0 unspecified atom stereocenters. The second kappa shape index (κ2) is 9.29. The first-order valence-corrected chi connectivity index (χ1v) is 8.99. The van der Waals surface area contributed by atoms with E-state index >= 15 is 0 Å². The lowest BCUT2D eigenvalue weighted by Gasteiger charge is -2.31. The predicted octanol–water partition coefficient (Wildman–Crippen LogP) is 3.09. The maximum Gasteiger partial charge on any atom is 0.252 e. The summed E-state index contributed by atoms with van der Waals surface area (Å²) in [7, 11) is 1.60. The van der Waals surface area contributed by atoms with Crippen molar-refractivity contribution in [2.24, 2.45) is 0 Å². The zero-order valence-corrected chi connectivity index (χ0v) is 15.2. The Morgan fingerprint density at radius 1 is 1.24 bits per heavy atom. The van der Waals surface area contributed by atoms with Crippen molar-refractivity contribution in [2.45, 2.75) is 38.5 Å². The molecule has 1 aromatic carbocycles. The quantitative estimate of drug-likeness (QED) is 0.716. The van der Waals surface area contributed by atoms with E-state index in [4.69, 9.17) is 25.6 Å². The minimum absolute atomic E-state index is 0.312. The molecule has 0 aliphatic carbocycles. The third-order valence-electron chi connectivity index (χ3n) is 4.31. The number of benzene rings is 1. The summed E-state index contributed by atoms with van der Waals surface area (Å²) in [6.07, 6.45) is 3.08. The van der Waals surface area contributed by atoms with Crippen molar-refractivity contribution in [1.82, 2.24) is 15.0 Å². The minimum atomic E-state index is 0.312. The number of ether oxygens (including phenoxy) is 2. The van der Waals surface area contributed by atoms with Crippen molar-refractivity contribution in [2.75, 3.05) is 26.8 Å². The molecule has 2 heterocycles. The predicted molar refractivity (Wildman–Crippen MR) is 94.4 cm³/mol. The number of methoxy groups -OCH3 is 1. The van der Waals surface area contributed by atoms with Gasteiger partial charge in [0.1, 0.15) is 6.61 Å². The first kappa shape index (κ1) is 18.3. The molecule has 25 heavy (non-hydrogen) atoms. The van der Waals surface area contributed by atoms with Crippen LogP contribution < -0.4 is 0 Å². The molecule has 6 nitrogen and oxygen atoms in total. The number of aromatic nitrogens is 2. The van der Waals surface area contributed by atoms with Gasteiger partial charge in [-0.05, 0) is 30.5 Å². The van der Waals surface area contributed by atoms with Gasteiger partial charge in [0.05, 0.1) is 12.7 Å². The summed E-state index contributed by atoms with van der Waals surface area (Å²) >= 11 is 5.93. The van der Waals surface area contributed by atoms with Gasteiger partial charge in [-0.1, -0.05) is 28.9 Å². The Morgan fingerprint density at radius 2 is 2.00 bits per heavy atom. The fraction of sp³-hybridized carbons (Fsp3) is 0.556. The Labute approximate surface area is 153 Å². The van der Waals surface area contributed by atoms with Crippen LogP contribution in [0, 0.1) is 0 Å². The van der Waals surface area contributed by atoms with Gasteiger partial charge in [0.2, 0.25) is 0 Å². The fourth-order valence-corrected chi connectivity index (χ4v) is 3.10. The Hall–Kier alpha value is -1.47. The van der Waals surface area contributed by atoms with Crippen molar-refractivity contribution in [3.63, 3.8) is 0 Å². The largest absolute Gasteiger partial charge is 0.378 e. The van der Waals surface area contributed by atoms with Crippen molar-refractivity contribution in [3.05, 3.63) is 46.6 Å². The summed E-state index contributed by atoms with van der Waals surface area (Å²) in [5.74, 6) is 1.18. The van der Waals surface area contributed by atoms with Crippen molar-refractivity contribution in [3.8, 4) is 0 Å². The van der Waals surface area contributed by atoms with E-state index < -0.39 is 0 Å². The lowest BCUT2D eigenvalue weighted by Crippen LogP contribution is -2.36. The second-order valence-electron chi connectivity index (χ2n) is 6.26. The second-order valence-corrected chi connectivity index (χ2v) is 6.70. The molecule has 3 rings (SSSR count). The van der Waals surface area contributed by atoms with Crippen LogP contribution in [0.4, 0.5) is 0 Å². The van der Waals surface area contributed by atoms with Crippen LogP contribution in [0.2, 0.25) is 5.02 Å². The van der Waals surface area contributed by atoms with Crippen LogP contribution in [0.5, 0.6) is 0 Å². The van der Waals surface area contributed by atoms with E-state index in [1.165, 1.54) is 5.56 Å². The van der Waals surface area contributed by atoms with Crippen molar-refractivity contribution < 1.29 is 14.0 Å². The van der Waals surface area contributed by atoms with Gasteiger partial charge in [0.25, 0.3) is 5.89 Å². The molecule has 0 spiro atoms. The number of rotatable bonds is 8. The molecule has 0 bridgehead atoms. The van der Waals surface area contributed by atoms with Gasteiger partial charge in [-0.2, -0.15) is 4.98 Å². The van der Waals surface area contributed by atoms with E-state index in [-0.39, 0.29) is 0 Å². The molecule has 1 aliphatic heterocycles. The van der Waals surface area contributed by atoms with E-state index in [9.17, 15) is 0 Å². The van der Waals surface area contributed by atoms with E-state index in [0.717, 1.165) is 37.5 Å². The van der Waals surface area contributed by atoms with Crippen molar-refractivity contribution in [1.29, 1.82) is 0 Å². The monoisotopic (exact) mass is 365 g/mol. The third-order valence-corrected chi connectivity index (χ3v) is 4.56. The molecule has 1 aromatic heterocycles. The first-order valence-electron chi connectivity index (χ1n) is 8.62. The molecule has 7 heteroatoms. The number of likely N-dealkylation sites (tertiary alicyclic amines) is 1. The highest BCUT2D eigenvalue weighted by Crippen LogP contribution is 2.17. The highest BCUT2D eigenvalue weighted by Gasteiger charge is 2.20. The third kappa shape index (κ3) is 5.78. The SMILES string of the molecule is COCc1nc(CCOC2CCN(Cc3ccc(Cl)cc3)CC2)no1. The van der Waals surface area contributed by atoms with Gasteiger partial charge in [-0.15, -0.1) is 0 Å². The molecule has 0 saturated carbocycles. The maximum absolute atomic E-state index is 5.97. The van der Waals surface area contributed by atoms with Gasteiger partial charge in [-0.25, -0.2) is 0 Å². The van der Waals surface area contributed by atoms with E-state index in [1.807, 2.05) is 12.1 Å². The van der Waals surface area contributed by atoms with Gasteiger partial charge in [0.15, 0.2) is 5.82 Å². The Morgan fingerprint density at radius 3 is 2.72 bits per heavy atom. The maximum atomic E-state index is 5.97. The number of hydrogen-bond acceptors (Lipinski definition) is 6. The summed E-state index contributed by atoms with van der Waals surface area (Å²) in [6, 6.07) is 8.08. The highest BCUT2D eigenvalue weighted by molar-refractivity contribution is 6.30. The topological polar surface area (TPSA) is 60.6 Å². The van der Waals surface area contributed by atoms with Crippen LogP contribution in [0.3, 0.4) is 0 Å². The molecule has 0 atom stereocenters. The van der Waals surface area contributed by atoms with Gasteiger partial charge in [0, 0.05) is 38.2 Å². The minimum Gasteiger partial charge on any atom is -0.378 e. The Balaban J connectivity index is 1.34.